The molecule has 0 atom stereocenters. The smallest absolute Gasteiger partial charge is 0.0153 e. The molecule has 0 amide bonds. The molecule has 0 aromatic heterocycles. The van der Waals surface area contributed by atoms with Gasteiger partial charge in [0.2, 0.25) is 0 Å². The van der Waals surface area contributed by atoms with Crippen LogP contribution in [-0.4, -0.2) is 4.75 Å². The third kappa shape index (κ3) is 0.933. The number of rotatable bonds is 1. The fourth-order valence-corrected chi connectivity index (χ4v) is 0.817. The zero-order chi connectivity index (χ0) is 5.49. The third-order valence-electron chi connectivity index (χ3n) is 1.84. The summed E-state index contributed by atoms with van der Waals surface area (Å²) in [5.41, 5.74) is 0. The second-order valence-corrected chi connectivity index (χ2v) is 3.65. The maximum absolute atomic E-state index is 4.46. The van der Waals surface area contributed by atoms with Crippen LogP contribution in [0.1, 0.15) is 26.7 Å². The summed E-state index contributed by atoms with van der Waals surface area (Å²) < 4.78 is 0.444. The van der Waals surface area contributed by atoms with E-state index in [0.29, 0.717) is 4.75 Å². The van der Waals surface area contributed by atoms with Crippen LogP contribution in [0.25, 0.3) is 0 Å². The Kier molecular flexibility index (Phi) is 1.11. The molecule has 0 nitrogen and oxygen atoms in total. The van der Waals surface area contributed by atoms with E-state index in [9.17, 15) is 0 Å². The Morgan fingerprint density at radius 1 is 1.43 bits per heavy atom. The Hall–Kier alpha value is 0.350. The second-order valence-electron chi connectivity index (χ2n) is 2.76. The van der Waals surface area contributed by atoms with Crippen molar-refractivity contribution in [2.45, 2.75) is 31.4 Å². The molecule has 0 aromatic rings. The molecular formula is C6H12S. The highest BCUT2D eigenvalue weighted by atomic mass is 32.1. The first-order chi connectivity index (χ1) is 3.15. The van der Waals surface area contributed by atoms with Gasteiger partial charge in [-0.3, -0.25) is 0 Å². The van der Waals surface area contributed by atoms with Crippen LogP contribution in [-0.2, 0) is 0 Å². The van der Waals surface area contributed by atoms with Crippen molar-refractivity contribution in [2.75, 3.05) is 0 Å². The largest absolute Gasteiger partial charge is 0.172 e. The number of thiol groups is 1. The molecule has 0 N–H and O–H groups in total. The van der Waals surface area contributed by atoms with E-state index in [-0.39, 0.29) is 0 Å². The van der Waals surface area contributed by atoms with E-state index in [4.69, 9.17) is 0 Å². The lowest BCUT2D eigenvalue weighted by atomic mass is 10.1. The predicted molar refractivity (Wildman–Crippen MR) is 35.8 cm³/mol. The van der Waals surface area contributed by atoms with Gasteiger partial charge in [-0.25, -0.2) is 0 Å². The van der Waals surface area contributed by atoms with E-state index >= 15 is 0 Å². The normalized spacial score (nSPS) is 25.7. The van der Waals surface area contributed by atoms with E-state index in [1.807, 2.05) is 0 Å². The van der Waals surface area contributed by atoms with Gasteiger partial charge in [-0.2, -0.15) is 12.6 Å². The Morgan fingerprint density at radius 3 is 1.86 bits per heavy atom. The minimum atomic E-state index is 0.444. The summed E-state index contributed by atoms with van der Waals surface area (Å²) in [5, 5.41) is 0. The van der Waals surface area contributed by atoms with Gasteiger partial charge in [0.1, 0.15) is 0 Å². The minimum Gasteiger partial charge on any atom is -0.172 e. The fourth-order valence-electron chi connectivity index (χ4n) is 0.705. The molecule has 1 aliphatic rings. The molecule has 1 fully saturated rings. The summed E-state index contributed by atoms with van der Waals surface area (Å²) in [6.07, 6.45) is 2.65. The Labute approximate surface area is 50.7 Å². The average molecular weight is 116 g/mol. The van der Waals surface area contributed by atoms with Crippen molar-refractivity contribution in [2.24, 2.45) is 5.92 Å². The van der Waals surface area contributed by atoms with Gasteiger partial charge < -0.3 is 0 Å². The van der Waals surface area contributed by atoms with Crippen LogP contribution in [0.3, 0.4) is 0 Å². The van der Waals surface area contributed by atoms with Crippen LogP contribution in [0.15, 0.2) is 0 Å². The standard InChI is InChI=1S/C6H12S/c1-5(2)6(7)3-4-6/h5,7H,3-4H2,1-2H3. The van der Waals surface area contributed by atoms with Gasteiger partial charge in [0.25, 0.3) is 0 Å². The van der Waals surface area contributed by atoms with Crippen molar-refractivity contribution in [3.8, 4) is 0 Å². The Bertz CT molecular complexity index is 72.2. The topological polar surface area (TPSA) is 0 Å². The molecule has 1 rings (SSSR count). The summed E-state index contributed by atoms with van der Waals surface area (Å²) in [7, 11) is 0. The molecule has 0 heterocycles. The lowest BCUT2D eigenvalue weighted by molar-refractivity contribution is 0.606. The van der Waals surface area contributed by atoms with Gasteiger partial charge in [0, 0.05) is 4.75 Å². The van der Waals surface area contributed by atoms with E-state index in [2.05, 4.69) is 26.5 Å². The van der Waals surface area contributed by atoms with Crippen LogP contribution < -0.4 is 0 Å². The fraction of sp³-hybridized carbons (Fsp3) is 1.00. The van der Waals surface area contributed by atoms with Gasteiger partial charge in [0.05, 0.1) is 0 Å². The van der Waals surface area contributed by atoms with E-state index < -0.39 is 0 Å². The highest BCUT2D eigenvalue weighted by molar-refractivity contribution is 7.82. The average Bonchev–Trinajstić information content (AvgIpc) is 2.21. The molecule has 0 aromatic carbocycles. The first-order valence-electron chi connectivity index (χ1n) is 2.87. The lowest BCUT2D eigenvalue weighted by Crippen LogP contribution is -2.06. The monoisotopic (exact) mass is 116 g/mol. The van der Waals surface area contributed by atoms with E-state index in [1.54, 1.807) is 0 Å². The van der Waals surface area contributed by atoms with E-state index in [0.717, 1.165) is 5.92 Å². The predicted octanol–water partition coefficient (Wildman–Crippen LogP) is 2.10. The highest BCUT2D eigenvalue weighted by Gasteiger charge is 2.41. The minimum absolute atomic E-state index is 0.444. The van der Waals surface area contributed by atoms with Gasteiger partial charge in [-0.05, 0) is 18.8 Å². The number of hydrogen-bond donors (Lipinski definition) is 1. The van der Waals surface area contributed by atoms with Gasteiger partial charge >= 0.3 is 0 Å². The van der Waals surface area contributed by atoms with Crippen LogP contribution in [0.4, 0.5) is 0 Å². The Balaban J connectivity index is 2.39. The third-order valence-corrected chi connectivity index (χ3v) is 2.80. The molecule has 7 heavy (non-hydrogen) atoms. The van der Waals surface area contributed by atoms with Crippen LogP contribution >= 0.6 is 12.6 Å². The first kappa shape index (κ1) is 5.49. The molecule has 0 radical (unpaired) electrons. The molecule has 0 aliphatic heterocycles. The Morgan fingerprint density at radius 2 is 1.86 bits per heavy atom. The second kappa shape index (κ2) is 1.41. The molecule has 1 aliphatic carbocycles. The molecule has 0 saturated heterocycles. The van der Waals surface area contributed by atoms with Crippen molar-refractivity contribution in [1.82, 2.24) is 0 Å². The highest BCUT2D eigenvalue weighted by Crippen LogP contribution is 2.47. The first-order valence-corrected chi connectivity index (χ1v) is 3.32. The molecule has 0 unspecified atom stereocenters. The van der Waals surface area contributed by atoms with Gasteiger partial charge in [-0.15, -0.1) is 0 Å². The van der Waals surface area contributed by atoms with Crippen molar-refractivity contribution >= 4 is 12.6 Å². The van der Waals surface area contributed by atoms with Crippen molar-refractivity contribution in [1.29, 1.82) is 0 Å². The lowest BCUT2D eigenvalue weighted by Gasteiger charge is -2.09. The molecular weight excluding hydrogens is 104 g/mol. The summed E-state index contributed by atoms with van der Waals surface area (Å²) in [4.78, 5) is 0. The van der Waals surface area contributed by atoms with Crippen LogP contribution in [0, 0.1) is 5.92 Å². The van der Waals surface area contributed by atoms with Gasteiger partial charge in [0.15, 0.2) is 0 Å². The summed E-state index contributed by atoms with van der Waals surface area (Å²) in [6, 6.07) is 0. The quantitative estimate of drug-likeness (QED) is 0.498. The van der Waals surface area contributed by atoms with Crippen LogP contribution in [0.5, 0.6) is 0 Å². The van der Waals surface area contributed by atoms with E-state index in [1.165, 1.54) is 12.8 Å². The number of hydrogen-bond acceptors (Lipinski definition) is 1. The molecule has 1 saturated carbocycles. The van der Waals surface area contributed by atoms with Crippen molar-refractivity contribution in [3.63, 3.8) is 0 Å². The maximum atomic E-state index is 4.46. The van der Waals surface area contributed by atoms with Crippen molar-refractivity contribution < 1.29 is 0 Å². The summed E-state index contributed by atoms with van der Waals surface area (Å²) in [5.74, 6) is 0.774. The molecule has 1 heteroatoms. The molecule has 0 bridgehead atoms. The SMILES string of the molecule is CC(C)C1(S)CC1. The van der Waals surface area contributed by atoms with Crippen LogP contribution in [0.2, 0.25) is 0 Å². The van der Waals surface area contributed by atoms with Gasteiger partial charge in [-0.1, -0.05) is 13.8 Å². The zero-order valence-electron chi connectivity index (χ0n) is 4.94. The molecule has 0 spiro atoms. The van der Waals surface area contributed by atoms with Crippen molar-refractivity contribution in [3.05, 3.63) is 0 Å². The maximum Gasteiger partial charge on any atom is 0.0153 e. The zero-order valence-corrected chi connectivity index (χ0v) is 5.83. The molecule has 42 valence electrons. The summed E-state index contributed by atoms with van der Waals surface area (Å²) >= 11 is 4.46. The summed E-state index contributed by atoms with van der Waals surface area (Å²) in [6.45, 7) is 4.47.